The van der Waals surface area contributed by atoms with E-state index in [4.69, 9.17) is 4.74 Å². The molecule has 5 nitrogen and oxygen atoms in total. The highest BCUT2D eigenvalue weighted by atomic mass is 16.5. The molecule has 0 unspecified atom stereocenters. The average Bonchev–Trinajstić information content (AvgIpc) is 3.26. The van der Waals surface area contributed by atoms with Gasteiger partial charge in [0.2, 0.25) is 0 Å². The summed E-state index contributed by atoms with van der Waals surface area (Å²) in [5, 5.41) is 13.6. The number of urea groups is 1. The monoisotopic (exact) mass is 346 g/mol. The Morgan fingerprint density at radius 2 is 2.12 bits per heavy atom. The summed E-state index contributed by atoms with van der Waals surface area (Å²) in [6, 6.07) is 9.92. The molecule has 1 aromatic rings. The summed E-state index contributed by atoms with van der Waals surface area (Å²) >= 11 is 0. The molecule has 0 saturated carbocycles. The van der Waals surface area contributed by atoms with Crippen molar-refractivity contribution in [3.8, 4) is 0 Å². The van der Waals surface area contributed by atoms with E-state index in [2.05, 4.69) is 17.4 Å². The number of hydrogen-bond acceptors (Lipinski definition) is 3. The molecule has 3 atom stereocenters. The summed E-state index contributed by atoms with van der Waals surface area (Å²) in [6.45, 7) is 5.86. The number of aliphatic hydroxyl groups is 1. The molecule has 2 N–H and O–H groups in total. The van der Waals surface area contributed by atoms with Gasteiger partial charge >= 0.3 is 6.03 Å². The van der Waals surface area contributed by atoms with Crippen molar-refractivity contribution in [3.05, 3.63) is 35.9 Å². The van der Waals surface area contributed by atoms with E-state index in [1.807, 2.05) is 18.2 Å². The lowest BCUT2D eigenvalue weighted by Crippen LogP contribution is -2.52. The summed E-state index contributed by atoms with van der Waals surface area (Å²) in [5.74, 6) is 0.481. The Kier molecular flexibility index (Phi) is 5.64. The molecule has 25 heavy (non-hydrogen) atoms. The molecule has 0 bridgehead atoms. The van der Waals surface area contributed by atoms with Crippen molar-refractivity contribution in [1.29, 1.82) is 0 Å². The van der Waals surface area contributed by atoms with Gasteiger partial charge in [-0.2, -0.15) is 0 Å². The lowest BCUT2D eigenvalue weighted by atomic mass is 9.94. The van der Waals surface area contributed by atoms with Gasteiger partial charge in [0.05, 0.1) is 17.7 Å². The molecular weight excluding hydrogens is 316 g/mol. The number of amides is 2. The minimum atomic E-state index is -0.880. The number of nitrogens with zero attached hydrogens (tertiary/aromatic N) is 1. The molecule has 1 aromatic carbocycles. The van der Waals surface area contributed by atoms with Crippen LogP contribution < -0.4 is 5.32 Å². The van der Waals surface area contributed by atoms with E-state index >= 15 is 0 Å². The maximum Gasteiger partial charge on any atom is 0.318 e. The standard InChI is InChI=1S/C20H30N2O3/c1-20(2,24)18-9-6-11-22(18)19(23)21-17(13-15-10-12-25-14-15)16-7-4-3-5-8-16/h3-5,7-8,15,17-18,24H,6,9-14H2,1-2H3,(H,21,23)/t15-,17-,18+/m1/s1. The van der Waals surface area contributed by atoms with E-state index in [9.17, 15) is 9.90 Å². The van der Waals surface area contributed by atoms with Crippen LogP contribution in [0.3, 0.4) is 0 Å². The van der Waals surface area contributed by atoms with E-state index in [0.717, 1.165) is 44.5 Å². The molecule has 0 spiro atoms. The predicted molar refractivity (Wildman–Crippen MR) is 97.3 cm³/mol. The van der Waals surface area contributed by atoms with Gasteiger partial charge in [-0.15, -0.1) is 0 Å². The van der Waals surface area contributed by atoms with Crippen LogP contribution in [0.4, 0.5) is 4.79 Å². The second kappa shape index (κ2) is 7.75. The van der Waals surface area contributed by atoms with Crippen LogP contribution in [0, 0.1) is 5.92 Å². The molecule has 0 radical (unpaired) electrons. The Bertz CT molecular complexity index is 564. The van der Waals surface area contributed by atoms with Crippen LogP contribution in [-0.2, 0) is 4.74 Å². The van der Waals surface area contributed by atoms with Crippen molar-refractivity contribution < 1.29 is 14.6 Å². The number of ether oxygens (including phenoxy) is 1. The molecule has 3 rings (SSSR count). The Labute approximate surface area is 150 Å². The number of carbonyl (C=O) groups excluding carboxylic acids is 1. The van der Waals surface area contributed by atoms with E-state index in [1.54, 1.807) is 18.7 Å². The highest BCUT2D eigenvalue weighted by Gasteiger charge is 2.39. The van der Waals surface area contributed by atoms with Crippen LogP contribution in [0.25, 0.3) is 0 Å². The Hall–Kier alpha value is -1.59. The SMILES string of the molecule is CC(C)(O)[C@@H]1CCCN1C(=O)N[C@H](C[C@H]1CCOC1)c1ccccc1. The van der Waals surface area contributed by atoms with Gasteiger partial charge in [0.15, 0.2) is 0 Å². The maximum absolute atomic E-state index is 12.9. The smallest absolute Gasteiger partial charge is 0.318 e. The van der Waals surface area contributed by atoms with E-state index in [-0.39, 0.29) is 18.1 Å². The molecule has 0 aliphatic carbocycles. The van der Waals surface area contributed by atoms with Gasteiger partial charge in [-0.25, -0.2) is 4.79 Å². The van der Waals surface area contributed by atoms with Crippen molar-refractivity contribution in [2.75, 3.05) is 19.8 Å². The van der Waals surface area contributed by atoms with Crippen LogP contribution in [0.15, 0.2) is 30.3 Å². The van der Waals surface area contributed by atoms with Crippen LogP contribution in [0.5, 0.6) is 0 Å². The largest absolute Gasteiger partial charge is 0.388 e. The lowest BCUT2D eigenvalue weighted by molar-refractivity contribution is 0.00933. The number of nitrogens with one attached hydrogen (secondary N) is 1. The molecule has 2 heterocycles. The molecule has 2 aliphatic heterocycles. The molecule has 138 valence electrons. The topological polar surface area (TPSA) is 61.8 Å². The normalized spacial score (nSPS) is 25.2. The summed E-state index contributed by atoms with van der Waals surface area (Å²) in [4.78, 5) is 14.7. The molecular formula is C20H30N2O3. The van der Waals surface area contributed by atoms with Gasteiger partial charge in [0, 0.05) is 19.8 Å². The fourth-order valence-electron chi connectivity index (χ4n) is 4.04. The zero-order chi connectivity index (χ0) is 17.9. The fraction of sp³-hybridized carbons (Fsp3) is 0.650. The number of likely N-dealkylation sites (tertiary alicyclic amines) is 1. The first-order valence-corrected chi connectivity index (χ1v) is 9.37. The van der Waals surface area contributed by atoms with Crippen molar-refractivity contribution in [2.45, 2.75) is 57.2 Å². The highest BCUT2D eigenvalue weighted by Crippen LogP contribution is 2.30. The lowest BCUT2D eigenvalue weighted by Gasteiger charge is -2.35. The van der Waals surface area contributed by atoms with Crippen LogP contribution in [-0.4, -0.2) is 47.4 Å². The summed E-state index contributed by atoms with van der Waals surface area (Å²) in [7, 11) is 0. The second-order valence-electron chi connectivity index (χ2n) is 7.88. The Balaban J connectivity index is 1.71. The zero-order valence-corrected chi connectivity index (χ0v) is 15.3. The summed E-state index contributed by atoms with van der Waals surface area (Å²) in [5.41, 5.74) is 0.247. The Morgan fingerprint density at radius 1 is 1.36 bits per heavy atom. The quantitative estimate of drug-likeness (QED) is 0.861. The van der Waals surface area contributed by atoms with Gasteiger partial charge in [-0.1, -0.05) is 30.3 Å². The third-order valence-electron chi connectivity index (χ3n) is 5.42. The Morgan fingerprint density at radius 3 is 2.76 bits per heavy atom. The zero-order valence-electron chi connectivity index (χ0n) is 15.3. The van der Waals surface area contributed by atoms with Gasteiger partial charge < -0.3 is 20.1 Å². The summed E-state index contributed by atoms with van der Waals surface area (Å²) in [6.07, 6.45) is 3.73. The first kappa shape index (κ1) is 18.2. The molecule has 2 aliphatic rings. The second-order valence-corrected chi connectivity index (χ2v) is 7.88. The van der Waals surface area contributed by atoms with Crippen LogP contribution in [0.1, 0.15) is 51.1 Å². The van der Waals surface area contributed by atoms with E-state index in [1.165, 1.54) is 0 Å². The van der Waals surface area contributed by atoms with Crippen LogP contribution in [0.2, 0.25) is 0 Å². The number of hydrogen-bond donors (Lipinski definition) is 2. The van der Waals surface area contributed by atoms with Gasteiger partial charge in [-0.3, -0.25) is 0 Å². The first-order valence-electron chi connectivity index (χ1n) is 9.37. The van der Waals surface area contributed by atoms with E-state index in [0.29, 0.717) is 12.5 Å². The molecule has 2 saturated heterocycles. The number of benzene rings is 1. The third-order valence-corrected chi connectivity index (χ3v) is 5.42. The van der Waals surface area contributed by atoms with Gasteiger partial charge in [0.25, 0.3) is 0 Å². The predicted octanol–water partition coefficient (Wildman–Crippen LogP) is 3.10. The van der Waals surface area contributed by atoms with Crippen molar-refractivity contribution in [2.24, 2.45) is 5.92 Å². The average molecular weight is 346 g/mol. The van der Waals surface area contributed by atoms with Crippen molar-refractivity contribution in [3.63, 3.8) is 0 Å². The van der Waals surface area contributed by atoms with Crippen molar-refractivity contribution in [1.82, 2.24) is 10.2 Å². The van der Waals surface area contributed by atoms with Gasteiger partial charge in [0.1, 0.15) is 0 Å². The molecule has 2 fully saturated rings. The third kappa shape index (κ3) is 4.53. The molecule has 2 amide bonds. The number of carbonyl (C=O) groups is 1. The van der Waals surface area contributed by atoms with Gasteiger partial charge in [-0.05, 0) is 51.0 Å². The molecule has 5 heteroatoms. The first-order chi connectivity index (χ1) is 11.9. The fourth-order valence-corrected chi connectivity index (χ4v) is 4.04. The number of rotatable bonds is 5. The van der Waals surface area contributed by atoms with Crippen LogP contribution >= 0.6 is 0 Å². The van der Waals surface area contributed by atoms with E-state index < -0.39 is 5.60 Å². The summed E-state index contributed by atoms with van der Waals surface area (Å²) < 4.78 is 5.50. The minimum Gasteiger partial charge on any atom is -0.388 e. The highest BCUT2D eigenvalue weighted by molar-refractivity contribution is 5.75. The maximum atomic E-state index is 12.9. The molecule has 0 aromatic heterocycles. The van der Waals surface area contributed by atoms with Crippen molar-refractivity contribution >= 4 is 6.03 Å². The minimum absolute atomic E-state index is 0.0246.